The molecule has 3 aliphatic rings. The molecular weight excluding hydrogens is 431 g/mol. The number of alkyl halides is 3. The van der Waals surface area contributed by atoms with E-state index in [1.54, 1.807) is 12.3 Å². The third-order valence-electron chi connectivity index (χ3n) is 7.68. The van der Waals surface area contributed by atoms with Crippen LogP contribution in [0.5, 0.6) is 0 Å². The summed E-state index contributed by atoms with van der Waals surface area (Å²) in [5.74, 6) is -0.125. The number of carbonyl (C=O) groups is 1. The summed E-state index contributed by atoms with van der Waals surface area (Å²) in [6, 6.07) is 9.66. The maximum atomic E-state index is 12.8. The van der Waals surface area contributed by atoms with Crippen LogP contribution in [0.1, 0.15) is 59.6 Å². The minimum atomic E-state index is -4.17. The molecule has 1 saturated heterocycles. The Balaban J connectivity index is 1.35. The Labute approximate surface area is 190 Å². The van der Waals surface area contributed by atoms with Crippen molar-refractivity contribution in [3.63, 3.8) is 0 Å². The van der Waals surface area contributed by atoms with Crippen LogP contribution in [-0.4, -0.2) is 52.8 Å². The molecule has 176 valence electrons. The Morgan fingerprint density at radius 2 is 1.85 bits per heavy atom. The molecule has 1 aromatic carbocycles. The number of fused-ring (bicyclic) bond motifs is 1. The molecular formula is C25H28F3N3O2. The van der Waals surface area contributed by atoms with Crippen LogP contribution in [0.3, 0.4) is 0 Å². The van der Waals surface area contributed by atoms with E-state index in [0.717, 1.165) is 36.0 Å². The third-order valence-corrected chi connectivity index (χ3v) is 7.68. The molecule has 0 bridgehead atoms. The Bertz CT molecular complexity index is 1050. The average Bonchev–Trinajstić information content (AvgIpc) is 3.34. The summed E-state index contributed by atoms with van der Waals surface area (Å²) in [6.45, 7) is 0.0820. The molecule has 8 heteroatoms. The van der Waals surface area contributed by atoms with Crippen LogP contribution in [0, 0.1) is 5.92 Å². The molecule has 1 aromatic heterocycles. The van der Waals surface area contributed by atoms with Gasteiger partial charge in [-0.25, -0.2) is 0 Å². The zero-order valence-corrected chi connectivity index (χ0v) is 18.3. The van der Waals surface area contributed by atoms with E-state index >= 15 is 0 Å². The van der Waals surface area contributed by atoms with E-state index in [0.29, 0.717) is 37.2 Å². The van der Waals surface area contributed by atoms with Crippen LogP contribution in [0.2, 0.25) is 0 Å². The van der Waals surface area contributed by atoms with Gasteiger partial charge in [0.1, 0.15) is 0 Å². The van der Waals surface area contributed by atoms with E-state index in [-0.39, 0.29) is 23.4 Å². The van der Waals surface area contributed by atoms with Crippen molar-refractivity contribution in [1.29, 1.82) is 0 Å². The minimum Gasteiger partial charge on any atom is -0.393 e. The number of nitrogens with two attached hydrogens (primary N) is 1. The normalized spacial score (nSPS) is 29.6. The number of nitrogens with zero attached hydrogens (tertiary/aromatic N) is 2. The molecule has 2 atom stereocenters. The zero-order chi connectivity index (χ0) is 23.4. The number of pyridine rings is 1. The van der Waals surface area contributed by atoms with Gasteiger partial charge in [0.15, 0.2) is 0 Å². The second kappa shape index (κ2) is 8.09. The Morgan fingerprint density at radius 1 is 1.15 bits per heavy atom. The van der Waals surface area contributed by atoms with Crippen molar-refractivity contribution in [2.75, 3.05) is 19.6 Å². The summed E-state index contributed by atoms with van der Waals surface area (Å²) in [6.07, 6.45) is 1.15. The van der Waals surface area contributed by atoms with E-state index in [9.17, 15) is 23.1 Å². The topological polar surface area (TPSA) is 79.5 Å². The van der Waals surface area contributed by atoms with E-state index in [2.05, 4.69) is 4.98 Å². The minimum absolute atomic E-state index is 0.111. The van der Waals surface area contributed by atoms with Crippen LogP contribution in [0.15, 0.2) is 36.5 Å². The molecule has 0 radical (unpaired) electrons. The molecule has 1 amide bonds. The molecule has 3 fully saturated rings. The number of carbonyl (C=O) groups excluding carboxylic acids is 1. The number of likely N-dealkylation sites (tertiary alicyclic amines) is 1. The highest BCUT2D eigenvalue weighted by atomic mass is 19.4. The predicted molar refractivity (Wildman–Crippen MR) is 118 cm³/mol. The maximum absolute atomic E-state index is 12.8. The lowest BCUT2D eigenvalue weighted by molar-refractivity contribution is -0.144. The van der Waals surface area contributed by atoms with Crippen LogP contribution in [0.25, 0.3) is 11.1 Å². The van der Waals surface area contributed by atoms with Gasteiger partial charge in [-0.15, -0.1) is 0 Å². The number of hydrogen-bond acceptors (Lipinski definition) is 4. The van der Waals surface area contributed by atoms with Crippen LogP contribution >= 0.6 is 0 Å². The van der Waals surface area contributed by atoms with Crippen molar-refractivity contribution < 1.29 is 23.1 Å². The summed E-state index contributed by atoms with van der Waals surface area (Å²) < 4.78 is 38.3. The highest BCUT2D eigenvalue weighted by Gasteiger charge is 2.61. The Morgan fingerprint density at radius 3 is 2.48 bits per heavy atom. The fourth-order valence-electron chi connectivity index (χ4n) is 5.91. The number of aliphatic hydroxyl groups is 1. The van der Waals surface area contributed by atoms with Crippen molar-refractivity contribution in [3.05, 3.63) is 53.3 Å². The lowest BCUT2D eigenvalue weighted by Crippen LogP contribution is -2.35. The van der Waals surface area contributed by atoms with Crippen molar-refractivity contribution in [3.8, 4) is 11.1 Å². The molecule has 1 aliphatic heterocycles. The van der Waals surface area contributed by atoms with Gasteiger partial charge in [-0.2, -0.15) is 13.2 Å². The molecule has 5 nitrogen and oxygen atoms in total. The van der Waals surface area contributed by atoms with Gasteiger partial charge in [-0.05, 0) is 55.2 Å². The number of halogens is 3. The second-order valence-corrected chi connectivity index (χ2v) is 9.95. The van der Waals surface area contributed by atoms with Gasteiger partial charge < -0.3 is 10.8 Å². The van der Waals surface area contributed by atoms with Crippen LogP contribution < -0.4 is 5.73 Å². The first-order chi connectivity index (χ1) is 15.6. The fourth-order valence-corrected chi connectivity index (χ4v) is 5.91. The zero-order valence-electron chi connectivity index (χ0n) is 18.3. The van der Waals surface area contributed by atoms with Gasteiger partial charge in [0.25, 0.3) is 5.91 Å². The quantitative estimate of drug-likeness (QED) is 0.709. The highest BCUT2D eigenvalue weighted by Crippen LogP contribution is 2.59. The van der Waals surface area contributed by atoms with E-state index in [1.807, 2.05) is 24.3 Å². The first-order valence-corrected chi connectivity index (χ1v) is 11.5. The molecule has 3 N–H and O–H groups in total. The number of aliphatic hydroxyl groups excluding tert-OH is 1. The standard InChI is InChI=1S/C25H28F3N3O2/c26-25(27,28)14-31-12-19-10-24(19,13-31)18-5-1-15(2-6-18)17-9-21(23(29)33)22(30-11-17)16-3-7-20(32)8-4-16/h1-2,5-6,9,11,16,19-20,32H,3-4,7-8,10,12-14H2,(H2,29,33). The number of hydrogen-bond donors (Lipinski definition) is 2. The van der Waals surface area contributed by atoms with Gasteiger partial charge in [0.05, 0.1) is 23.9 Å². The Hall–Kier alpha value is -2.45. The van der Waals surface area contributed by atoms with E-state index < -0.39 is 18.6 Å². The summed E-state index contributed by atoms with van der Waals surface area (Å²) in [5.41, 5.74) is 9.35. The van der Waals surface area contributed by atoms with Crippen LogP contribution in [-0.2, 0) is 5.41 Å². The molecule has 2 unspecified atom stereocenters. The highest BCUT2D eigenvalue weighted by molar-refractivity contribution is 5.95. The number of rotatable bonds is 5. The number of amides is 1. The lowest BCUT2D eigenvalue weighted by atomic mass is 9.83. The molecule has 5 rings (SSSR count). The van der Waals surface area contributed by atoms with Crippen molar-refractivity contribution in [2.45, 2.75) is 55.7 Å². The first-order valence-electron chi connectivity index (χ1n) is 11.5. The SMILES string of the molecule is NC(=O)c1cc(-c2ccc(C34CC3CN(CC(F)(F)F)C4)cc2)cnc1C1CCC(O)CC1. The van der Waals surface area contributed by atoms with Crippen LogP contribution in [0.4, 0.5) is 13.2 Å². The predicted octanol–water partition coefficient (Wildman–Crippen LogP) is 4.00. The molecule has 2 heterocycles. The van der Waals surface area contributed by atoms with E-state index in [1.165, 1.54) is 4.90 Å². The maximum Gasteiger partial charge on any atom is 0.401 e. The molecule has 2 saturated carbocycles. The molecule has 0 spiro atoms. The van der Waals surface area contributed by atoms with Gasteiger partial charge in [-0.1, -0.05) is 24.3 Å². The Kier molecular flexibility index (Phi) is 5.48. The number of piperidine rings is 1. The summed E-state index contributed by atoms with van der Waals surface area (Å²) in [5, 5.41) is 9.77. The number of benzene rings is 1. The van der Waals surface area contributed by atoms with Crippen molar-refractivity contribution >= 4 is 5.91 Å². The smallest absolute Gasteiger partial charge is 0.393 e. The monoisotopic (exact) mass is 459 g/mol. The molecule has 33 heavy (non-hydrogen) atoms. The summed E-state index contributed by atoms with van der Waals surface area (Å²) in [7, 11) is 0. The molecule has 2 aliphatic carbocycles. The summed E-state index contributed by atoms with van der Waals surface area (Å²) >= 11 is 0. The van der Waals surface area contributed by atoms with Crippen molar-refractivity contribution in [1.82, 2.24) is 9.88 Å². The third kappa shape index (κ3) is 4.38. The summed E-state index contributed by atoms with van der Waals surface area (Å²) in [4.78, 5) is 18.3. The lowest BCUT2D eigenvalue weighted by Gasteiger charge is -2.26. The van der Waals surface area contributed by atoms with Crippen molar-refractivity contribution in [2.24, 2.45) is 11.7 Å². The number of aromatic nitrogens is 1. The average molecular weight is 460 g/mol. The second-order valence-electron chi connectivity index (χ2n) is 9.95. The van der Waals surface area contributed by atoms with Gasteiger partial charge in [-0.3, -0.25) is 14.7 Å². The molecule has 2 aromatic rings. The fraction of sp³-hybridized carbons (Fsp3) is 0.520. The number of primary amides is 1. The van der Waals surface area contributed by atoms with E-state index in [4.69, 9.17) is 5.73 Å². The first kappa shape index (κ1) is 22.3. The van der Waals surface area contributed by atoms with Gasteiger partial charge >= 0.3 is 6.18 Å². The van der Waals surface area contributed by atoms with Gasteiger partial charge in [0, 0.05) is 36.2 Å². The largest absolute Gasteiger partial charge is 0.401 e. The van der Waals surface area contributed by atoms with Gasteiger partial charge in [0.2, 0.25) is 0 Å².